The first-order chi connectivity index (χ1) is 13.2. The van der Waals surface area contributed by atoms with Crippen molar-refractivity contribution in [1.29, 1.82) is 0 Å². The van der Waals surface area contributed by atoms with Crippen molar-refractivity contribution in [3.63, 3.8) is 0 Å². The lowest BCUT2D eigenvalue weighted by atomic mass is 10.1. The predicted octanol–water partition coefficient (Wildman–Crippen LogP) is -1.64. The summed E-state index contributed by atoms with van der Waals surface area (Å²) in [6.45, 7) is 3.18. The van der Waals surface area contributed by atoms with Gasteiger partial charge < -0.3 is 31.4 Å². The smallest absolute Gasteiger partial charge is 0.325 e. The number of carbonyl (C=O) groups excluding carboxylic acids is 3. The van der Waals surface area contributed by atoms with Crippen LogP contribution in [0, 0.1) is 0 Å². The van der Waals surface area contributed by atoms with Crippen molar-refractivity contribution in [1.82, 2.24) is 25.5 Å². The maximum absolute atomic E-state index is 12.7. The van der Waals surface area contributed by atoms with E-state index in [0.29, 0.717) is 19.4 Å². The summed E-state index contributed by atoms with van der Waals surface area (Å²) in [5.41, 5.74) is 6.71. The molecule has 1 saturated heterocycles. The van der Waals surface area contributed by atoms with Crippen LogP contribution in [0.4, 0.5) is 0 Å². The number of imidazole rings is 1. The molecule has 0 spiro atoms. The molecule has 2 heterocycles. The summed E-state index contributed by atoms with van der Waals surface area (Å²) >= 11 is 0. The largest absolute Gasteiger partial charge is 0.480 e. The van der Waals surface area contributed by atoms with Crippen molar-refractivity contribution < 1.29 is 24.3 Å². The minimum absolute atomic E-state index is 0.273. The van der Waals surface area contributed by atoms with Gasteiger partial charge in [-0.2, -0.15) is 0 Å². The lowest BCUT2D eigenvalue weighted by Crippen LogP contribution is -2.55. The van der Waals surface area contributed by atoms with Crippen molar-refractivity contribution in [2.75, 3.05) is 6.54 Å². The summed E-state index contributed by atoms with van der Waals surface area (Å²) in [5, 5.41) is 13.7. The van der Waals surface area contributed by atoms with Crippen LogP contribution in [0.1, 0.15) is 32.4 Å². The van der Waals surface area contributed by atoms with Gasteiger partial charge in [-0.3, -0.25) is 19.2 Å². The first kappa shape index (κ1) is 21.4. The molecule has 0 aromatic carbocycles. The Morgan fingerprint density at radius 2 is 2.04 bits per heavy atom. The second-order valence-corrected chi connectivity index (χ2v) is 6.88. The van der Waals surface area contributed by atoms with Gasteiger partial charge in [-0.15, -0.1) is 0 Å². The molecule has 6 N–H and O–H groups in total. The van der Waals surface area contributed by atoms with Crippen LogP contribution in [0.15, 0.2) is 12.5 Å². The molecule has 154 valence electrons. The lowest BCUT2D eigenvalue weighted by molar-refractivity contribution is -0.142. The van der Waals surface area contributed by atoms with Gasteiger partial charge in [-0.1, -0.05) is 0 Å². The minimum atomic E-state index is -1.18. The molecule has 0 saturated carbocycles. The number of carbonyl (C=O) groups is 4. The number of nitrogens with one attached hydrogen (secondary N) is 3. The number of likely N-dealkylation sites (tertiary alicyclic amines) is 1. The highest BCUT2D eigenvalue weighted by Crippen LogP contribution is 2.19. The second kappa shape index (κ2) is 9.31. The number of carboxylic acid groups (broad SMARTS) is 1. The standard InChI is InChI=1S/C17H26N6O5/c1-9(14(24)22-10(2)17(27)28)21-15(25)13-4-3-5-23(13)16(26)12(18)6-11-7-19-8-20-11/h7-10,12-13H,3-6,18H2,1-2H3,(H,19,20)(H,21,25)(H,22,24)(H,27,28). The molecule has 1 fully saturated rings. The molecule has 1 aliphatic heterocycles. The van der Waals surface area contributed by atoms with Gasteiger partial charge in [0.15, 0.2) is 0 Å². The van der Waals surface area contributed by atoms with Crippen molar-refractivity contribution >= 4 is 23.7 Å². The number of rotatable bonds is 8. The van der Waals surface area contributed by atoms with Crippen LogP contribution in [-0.2, 0) is 25.6 Å². The molecule has 2 rings (SSSR count). The molecule has 3 amide bonds. The van der Waals surface area contributed by atoms with Gasteiger partial charge in [0.2, 0.25) is 17.7 Å². The van der Waals surface area contributed by atoms with Crippen LogP contribution in [0.25, 0.3) is 0 Å². The molecule has 0 bridgehead atoms. The fraction of sp³-hybridized carbons (Fsp3) is 0.588. The van der Waals surface area contributed by atoms with E-state index in [0.717, 1.165) is 5.69 Å². The van der Waals surface area contributed by atoms with Crippen LogP contribution < -0.4 is 16.4 Å². The molecule has 0 aliphatic carbocycles. The number of hydrogen-bond donors (Lipinski definition) is 5. The average Bonchev–Trinajstić information content (AvgIpc) is 3.32. The van der Waals surface area contributed by atoms with E-state index in [1.54, 1.807) is 6.20 Å². The molecule has 11 heteroatoms. The van der Waals surface area contributed by atoms with Gasteiger partial charge in [0, 0.05) is 24.9 Å². The number of carboxylic acids is 1. The molecule has 28 heavy (non-hydrogen) atoms. The summed E-state index contributed by atoms with van der Waals surface area (Å²) in [5.74, 6) is -2.60. The van der Waals surface area contributed by atoms with E-state index in [9.17, 15) is 19.2 Å². The molecular formula is C17H26N6O5. The lowest BCUT2D eigenvalue weighted by Gasteiger charge is -2.27. The van der Waals surface area contributed by atoms with E-state index in [-0.39, 0.29) is 12.3 Å². The van der Waals surface area contributed by atoms with Crippen molar-refractivity contribution in [3.05, 3.63) is 18.2 Å². The second-order valence-electron chi connectivity index (χ2n) is 6.88. The summed E-state index contributed by atoms with van der Waals surface area (Å²) in [7, 11) is 0. The van der Waals surface area contributed by atoms with E-state index >= 15 is 0 Å². The third-order valence-electron chi connectivity index (χ3n) is 4.63. The van der Waals surface area contributed by atoms with Crippen LogP contribution in [0.2, 0.25) is 0 Å². The summed E-state index contributed by atoms with van der Waals surface area (Å²) in [6, 6.07) is -3.54. The monoisotopic (exact) mass is 394 g/mol. The number of aromatic nitrogens is 2. The maximum Gasteiger partial charge on any atom is 0.325 e. The van der Waals surface area contributed by atoms with Crippen molar-refractivity contribution in [2.24, 2.45) is 5.73 Å². The zero-order valence-corrected chi connectivity index (χ0v) is 15.8. The SMILES string of the molecule is CC(NC(=O)C(C)NC(=O)C1CCCN1C(=O)C(N)Cc1cnc[nH]1)C(=O)O. The Balaban J connectivity index is 1.93. The van der Waals surface area contributed by atoms with Crippen LogP contribution >= 0.6 is 0 Å². The van der Waals surface area contributed by atoms with Gasteiger partial charge in [-0.25, -0.2) is 4.98 Å². The Morgan fingerprint density at radius 3 is 2.64 bits per heavy atom. The van der Waals surface area contributed by atoms with E-state index < -0.39 is 42.0 Å². The van der Waals surface area contributed by atoms with E-state index in [1.807, 2.05) is 0 Å². The maximum atomic E-state index is 12.7. The fourth-order valence-corrected chi connectivity index (χ4v) is 3.01. The molecule has 1 aromatic heterocycles. The molecule has 4 unspecified atom stereocenters. The highest BCUT2D eigenvalue weighted by Gasteiger charge is 2.37. The normalized spacial score (nSPS) is 19.5. The summed E-state index contributed by atoms with van der Waals surface area (Å²) in [6.07, 6.45) is 4.47. The first-order valence-electron chi connectivity index (χ1n) is 9.07. The van der Waals surface area contributed by atoms with Crippen LogP contribution in [-0.4, -0.2) is 74.4 Å². The quantitative estimate of drug-likeness (QED) is 0.352. The van der Waals surface area contributed by atoms with Gasteiger partial charge >= 0.3 is 5.97 Å². The molecule has 1 aromatic rings. The van der Waals surface area contributed by atoms with Crippen molar-refractivity contribution in [2.45, 2.75) is 57.3 Å². The predicted molar refractivity (Wildman–Crippen MR) is 97.8 cm³/mol. The number of hydrogen-bond acceptors (Lipinski definition) is 6. The molecule has 1 aliphatic rings. The number of H-pyrrole nitrogens is 1. The first-order valence-corrected chi connectivity index (χ1v) is 9.07. The minimum Gasteiger partial charge on any atom is -0.480 e. The number of nitrogens with zero attached hydrogens (tertiary/aromatic N) is 2. The Hall–Kier alpha value is -2.95. The van der Waals surface area contributed by atoms with Gasteiger partial charge in [0.1, 0.15) is 18.1 Å². The third-order valence-corrected chi connectivity index (χ3v) is 4.63. The highest BCUT2D eigenvalue weighted by molar-refractivity contribution is 5.94. The Morgan fingerprint density at radius 1 is 1.32 bits per heavy atom. The fourth-order valence-electron chi connectivity index (χ4n) is 3.01. The number of amides is 3. The number of nitrogens with two attached hydrogens (primary N) is 1. The molecule has 11 nitrogen and oxygen atoms in total. The molecular weight excluding hydrogens is 368 g/mol. The van der Waals surface area contributed by atoms with Crippen LogP contribution in [0.3, 0.4) is 0 Å². The zero-order valence-electron chi connectivity index (χ0n) is 15.8. The number of aliphatic carboxylic acids is 1. The van der Waals surface area contributed by atoms with Gasteiger partial charge in [0.05, 0.1) is 12.4 Å². The molecule has 4 atom stereocenters. The average molecular weight is 394 g/mol. The zero-order chi connectivity index (χ0) is 20.8. The topological polar surface area (TPSA) is 171 Å². The Kier molecular flexibility index (Phi) is 7.10. The summed E-state index contributed by atoms with van der Waals surface area (Å²) < 4.78 is 0. The highest BCUT2D eigenvalue weighted by atomic mass is 16.4. The summed E-state index contributed by atoms with van der Waals surface area (Å²) in [4.78, 5) is 56.3. The third kappa shape index (κ3) is 5.28. The molecule has 0 radical (unpaired) electrons. The van der Waals surface area contributed by atoms with E-state index in [2.05, 4.69) is 20.6 Å². The Bertz CT molecular complexity index is 722. The van der Waals surface area contributed by atoms with E-state index in [1.165, 1.54) is 25.1 Å². The van der Waals surface area contributed by atoms with E-state index in [4.69, 9.17) is 10.8 Å². The van der Waals surface area contributed by atoms with Crippen molar-refractivity contribution in [3.8, 4) is 0 Å². The van der Waals surface area contributed by atoms with Gasteiger partial charge in [-0.05, 0) is 26.7 Å². The van der Waals surface area contributed by atoms with Crippen LogP contribution in [0.5, 0.6) is 0 Å². The Labute approximate surface area is 162 Å². The van der Waals surface area contributed by atoms with Gasteiger partial charge in [0.25, 0.3) is 0 Å². The number of aromatic amines is 1.